The number of rotatable bonds is 6. The number of halogens is 1. The number of amides is 1. The van der Waals surface area contributed by atoms with Crippen LogP contribution in [0, 0.1) is 0 Å². The van der Waals surface area contributed by atoms with E-state index < -0.39 is 0 Å². The van der Waals surface area contributed by atoms with Crippen molar-refractivity contribution in [3.8, 4) is 0 Å². The minimum absolute atomic E-state index is 0. The minimum atomic E-state index is -0.0600. The van der Waals surface area contributed by atoms with Gasteiger partial charge in [0, 0.05) is 31.7 Å². The van der Waals surface area contributed by atoms with Crippen LogP contribution in [0.3, 0.4) is 0 Å². The van der Waals surface area contributed by atoms with Crippen LogP contribution in [-0.4, -0.2) is 38.0 Å². The molecule has 0 saturated heterocycles. The lowest BCUT2D eigenvalue weighted by Crippen LogP contribution is -2.41. The summed E-state index contributed by atoms with van der Waals surface area (Å²) in [6.07, 6.45) is 0.805. The van der Waals surface area contributed by atoms with Gasteiger partial charge in [-0.1, -0.05) is 12.1 Å². The number of carbonyl (C=O) groups excluding carboxylic acids is 1. The number of aliphatic imine (C=N–C) groups is 1. The highest BCUT2D eigenvalue weighted by atomic mass is 127. The summed E-state index contributed by atoms with van der Waals surface area (Å²) in [7, 11) is 1.64. The summed E-state index contributed by atoms with van der Waals surface area (Å²) in [5.41, 5.74) is 1.80. The van der Waals surface area contributed by atoms with Crippen molar-refractivity contribution >= 4 is 35.8 Å². The first-order chi connectivity index (χ1) is 10.1. The van der Waals surface area contributed by atoms with E-state index in [4.69, 9.17) is 0 Å². The molecule has 0 spiro atoms. The van der Waals surface area contributed by atoms with Crippen molar-refractivity contribution in [3.05, 3.63) is 35.4 Å². The second-order valence-corrected chi connectivity index (χ2v) is 5.09. The average Bonchev–Trinajstić information content (AvgIpc) is 2.46. The number of nitrogens with zero attached hydrogens (tertiary/aromatic N) is 1. The van der Waals surface area contributed by atoms with E-state index in [1.807, 2.05) is 31.2 Å². The molecule has 1 amide bonds. The maximum absolute atomic E-state index is 11.6. The molecule has 1 aromatic rings. The number of hydrogen-bond acceptors (Lipinski definition) is 2. The van der Waals surface area contributed by atoms with Crippen molar-refractivity contribution in [3.63, 3.8) is 0 Å². The zero-order valence-electron chi connectivity index (χ0n) is 13.8. The third-order valence-electron chi connectivity index (χ3n) is 2.86. The predicted octanol–water partition coefficient (Wildman–Crippen LogP) is 2.17. The van der Waals surface area contributed by atoms with Gasteiger partial charge in [-0.3, -0.25) is 9.79 Å². The molecule has 1 rings (SSSR count). The van der Waals surface area contributed by atoms with Gasteiger partial charge in [0.15, 0.2) is 5.96 Å². The highest BCUT2D eigenvalue weighted by molar-refractivity contribution is 14.0. The second-order valence-electron chi connectivity index (χ2n) is 5.09. The first-order valence-corrected chi connectivity index (χ1v) is 7.42. The van der Waals surface area contributed by atoms with E-state index in [0.717, 1.165) is 24.5 Å². The molecule has 5 nitrogen and oxygen atoms in total. The smallest absolute Gasteiger partial charge is 0.251 e. The molecule has 0 atom stereocenters. The van der Waals surface area contributed by atoms with Crippen molar-refractivity contribution in [2.45, 2.75) is 33.2 Å². The van der Waals surface area contributed by atoms with Crippen LogP contribution in [0.15, 0.2) is 29.3 Å². The quantitative estimate of drug-likeness (QED) is 0.377. The summed E-state index contributed by atoms with van der Waals surface area (Å²) in [4.78, 5) is 16.1. The number of hydrogen-bond donors (Lipinski definition) is 3. The van der Waals surface area contributed by atoms with Crippen LogP contribution in [0.4, 0.5) is 0 Å². The molecule has 6 heteroatoms. The predicted molar refractivity (Wildman–Crippen MR) is 103 cm³/mol. The number of nitrogens with one attached hydrogen (secondary N) is 3. The number of carbonyl (C=O) groups is 1. The third kappa shape index (κ3) is 7.63. The van der Waals surface area contributed by atoms with Crippen molar-refractivity contribution in [1.29, 1.82) is 0 Å². The topological polar surface area (TPSA) is 65.5 Å². The lowest BCUT2D eigenvalue weighted by molar-refractivity contribution is 0.0963. The molecule has 3 N–H and O–H groups in total. The molecule has 0 saturated carbocycles. The Balaban J connectivity index is 0.00000441. The van der Waals surface area contributed by atoms with E-state index in [0.29, 0.717) is 18.2 Å². The van der Waals surface area contributed by atoms with Crippen LogP contribution in [0.25, 0.3) is 0 Å². The van der Waals surface area contributed by atoms with Gasteiger partial charge >= 0.3 is 0 Å². The van der Waals surface area contributed by atoms with Crippen molar-refractivity contribution in [2.24, 2.45) is 4.99 Å². The van der Waals surface area contributed by atoms with E-state index in [1.165, 1.54) is 0 Å². The van der Waals surface area contributed by atoms with Gasteiger partial charge in [-0.2, -0.15) is 0 Å². The summed E-state index contributed by atoms with van der Waals surface area (Å²) < 4.78 is 0. The molecular formula is C16H27IN4O. The molecule has 0 aromatic heterocycles. The van der Waals surface area contributed by atoms with Crippen molar-refractivity contribution < 1.29 is 4.79 Å². The normalized spacial score (nSPS) is 10.9. The molecular weight excluding hydrogens is 391 g/mol. The monoisotopic (exact) mass is 418 g/mol. The minimum Gasteiger partial charge on any atom is -0.357 e. The highest BCUT2D eigenvalue weighted by Gasteiger charge is 2.04. The Labute approximate surface area is 150 Å². The molecule has 0 bridgehead atoms. The van der Waals surface area contributed by atoms with Gasteiger partial charge in [0.25, 0.3) is 5.91 Å². The molecule has 124 valence electrons. The van der Waals surface area contributed by atoms with E-state index in [2.05, 4.69) is 34.8 Å². The van der Waals surface area contributed by atoms with Crippen LogP contribution >= 0.6 is 24.0 Å². The van der Waals surface area contributed by atoms with Crippen LogP contribution in [0.2, 0.25) is 0 Å². The first kappa shape index (κ1) is 20.7. The van der Waals surface area contributed by atoms with Gasteiger partial charge in [-0.15, -0.1) is 24.0 Å². The summed E-state index contributed by atoms with van der Waals surface area (Å²) >= 11 is 0. The fraction of sp³-hybridized carbons (Fsp3) is 0.500. The lowest BCUT2D eigenvalue weighted by atomic mass is 10.1. The van der Waals surface area contributed by atoms with E-state index in [9.17, 15) is 4.79 Å². The summed E-state index contributed by atoms with van der Waals surface area (Å²) in [6.45, 7) is 7.73. The van der Waals surface area contributed by atoms with E-state index in [-0.39, 0.29) is 29.9 Å². The van der Waals surface area contributed by atoms with Gasteiger partial charge in [0.1, 0.15) is 0 Å². The Bertz CT molecular complexity index is 489. The van der Waals surface area contributed by atoms with Crippen LogP contribution in [0.5, 0.6) is 0 Å². The second kappa shape index (κ2) is 11.3. The Morgan fingerprint density at radius 1 is 1.32 bits per heavy atom. The number of benzene rings is 1. The summed E-state index contributed by atoms with van der Waals surface area (Å²) in [5, 5.41) is 9.13. The SMILES string of the molecule is CCNC(=NCCc1cccc(C(=O)NC)c1)NC(C)C.I. The van der Waals surface area contributed by atoms with E-state index >= 15 is 0 Å². The van der Waals surface area contributed by atoms with Crippen molar-refractivity contribution in [1.82, 2.24) is 16.0 Å². The van der Waals surface area contributed by atoms with Gasteiger partial charge in [-0.25, -0.2) is 0 Å². The maximum atomic E-state index is 11.6. The summed E-state index contributed by atoms with van der Waals surface area (Å²) in [5.74, 6) is 0.769. The molecule has 0 aliphatic heterocycles. The average molecular weight is 418 g/mol. The van der Waals surface area contributed by atoms with Gasteiger partial charge < -0.3 is 16.0 Å². The van der Waals surface area contributed by atoms with Crippen molar-refractivity contribution in [2.75, 3.05) is 20.1 Å². The standard InChI is InChI=1S/C16H26N4O.HI/c1-5-18-16(20-12(2)3)19-10-9-13-7-6-8-14(11-13)15(21)17-4;/h6-8,11-12H,5,9-10H2,1-4H3,(H,17,21)(H2,18,19,20);1H. The summed E-state index contributed by atoms with van der Waals surface area (Å²) in [6, 6.07) is 8.00. The fourth-order valence-electron chi connectivity index (χ4n) is 1.90. The van der Waals surface area contributed by atoms with Gasteiger partial charge in [0.05, 0.1) is 0 Å². The zero-order valence-corrected chi connectivity index (χ0v) is 16.1. The van der Waals surface area contributed by atoms with Gasteiger partial charge in [0.2, 0.25) is 0 Å². The molecule has 0 radical (unpaired) electrons. The van der Waals surface area contributed by atoms with Gasteiger partial charge in [-0.05, 0) is 44.9 Å². The maximum Gasteiger partial charge on any atom is 0.251 e. The Morgan fingerprint density at radius 3 is 2.64 bits per heavy atom. The molecule has 22 heavy (non-hydrogen) atoms. The Kier molecular flexibility index (Phi) is 10.6. The highest BCUT2D eigenvalue weighted by Crippen LogP contribution is 2.06. The number of guanidine groups is 1. The first-order valence-electron chi connectivity index (χ1n) is 7.42. The van der Waals surface area contributed by atoms with Crippen LogP contribution in [-0.2, 0) is 6.42 Å². The molecule has 0 aliphatic carbocycles. The van der Waals surface area contributed by atoms with Crippen LogP contribution in [0.1, 0.15) is 36.7 Å². The molecule has 1 aromatic carbocycles. The molecule has 0 heterocycles. The lowest BCUT2D eigenvalue weighted by Gasteiger charge is -2.13. The molecule has 0 unspecified atom stereocenters. The molecule has 0 aliphatic rings. The Morgan fingerprint density at radius 2 is 2.05 bits per heavy atom. The Hall–Kier alpha value is -1.31. The molecule has 0 fully saturated rings. The largest absolute Gasteiger partial charge is 0.357 e. The van der Waals surface area contributed by atoms with E-state index in [1.54, 1.807) is 7.05 Å². The third-order valence-corrected chi connectivity index (χ3v) is 2.86. The van der Waals surface area contributed by atoms with Crippen LogP contribution < -0.4 is 16.0 Å². The fourth-order valence-corrected chi connectivity index (χ4v) is 1.90. The zero-order chi connectivity index (χ0) is 15.7.